The van der Waals surface area contributed by atoms with Crippen LogP contribution in [-0.4, -0.2) is 10.1 Å². The second-order valence-electron chi connectivity index (χ2n) is 3.81. The van der Waals surface area contributed by atoms with Crippen molar-refractivity contribution < 1.29 is 9.52 Å². The number of aromatic nitrogens is 1. The summed E-state index contributed by atoms with van der Waals surface area (Å²) >= 11 is 3.40. The van der Waals surface area contributed by atoms with Crippen LogP contribution in [-0.2, 0) is 0 Å². The molecule has 0 saturated heterocycles. The van der Waals surface area contributed by atoms with Crippen molar-refractivity contribution in [2.75, 3.05) is 5.32 Å². The van der Waals surface area contributed by atoms with E-state index in [0.29, 0.717) is 17.1 Å². The van der Waals surface area contributed by atoms with Gasteiger partial charge in [-0.15, -0.1) is 0 Å². The van der Waals surface area contributed by atoms with Crippen molar-refractivity contribution >= 4 is 38.7 Å². The van der Waals surface area contributed by atoms with Gasteiger partial charge in [-0.1, -0.05) is 22.0 Å². The van der Waals surface area contributed by atoms with Crippen molar-refractivity contribution in [2.45, 2.75) is 0 Å². The molecule has 0 aliphatic rings. The van der Waals surface area contributed by atoms with E-state index >= 15 is 0 Å². The number of fused-ring (bicyclic) bond motifs is 1. The fourth-order valence-corrected chi connectivity index (χ4v) is 2.06. The Balaban J connectivity index is 1.95. The quantitative estimate of drug-likeness (QED) is 0.750. The van der Waals surface area contributed by atoms with E-state index in [0.717, 1.165) is 10.2 Å². The van der Waals surface area contributed by atoms with Crippen molar-refractivity contribution in [3.05, 3.63) is 46.9 Å². The van der Waals surface area contributed by atoms with Crippen molar-refractivity contribution in [2.24, 2.45) is 0 Å². The molecule has 0 bridgehead atoms. The number of oxazole rings is 1. The highest BCUT2D eigenvalue weighted by atomic mass is 79.9. The molecule has 0 amide bonds. The van der Waals surface area contributed by atoms with Crippen LogP contribution in [0.1, 0.15) is 0 Å². The van der Waals surface area contributed by atoms with E-state index in [2.05, 4.69) is 26.2 Å². The smallest absolute Gasteiger partial charge is 0.300 e. The minimum atomic E-state index is 0.171. The third-order valence-corrected chi connectivity index (χ3v) is 2.94. The number of hydrogen-bond acceptors (Lipinski definition) is 4. The van der Waals surface area contributed by atoms with Gasteiger partial charge in [0, 0.05) is 16.2 Å². The second kappa shape index (κ2) is 4.34. The van der Waals surface area contributed by atoms with Crippen LogP contribution in [0.5, 0.6) is 5.75 Å². The van der Waals surface area contributed by atoms with Gasteiger partial charge in [0.05, 0.1) is 0 Å². The molecule has 3 aromatic rings. The Labute approximate surface area is 111 Å². The van der Waals surface area contributed by atoms with Crippen LogP contribution in [0, 0.1) is 0 Å². The van der Waals surface area contributed by atoms with E-state index in [-0.39, 0.29) is 5.75 Å². The molecule has 3 rings (SSSR count). The van der Waals surface area contributed by atoms with Gasteiger partial charge in [-0.2, -0.15) is 4.98 Å². The maximum absolute atomic E-state index is 9.36. The third kappa shape index (κ3) is 2.17. The monoisotopic (exact) mass is 304 g/mol. The lowest BCUT2D eigenvalue weighted by atomic mass is 10.3. The first-order valence-electron chi connectivity index (χ1n) is 5.33. The molecule has 0 radical (unpaired) electrons. The number of hydrogen-bond donors (Lipinski definition) is 2. The minimum Gasteiger partial charge on any atom is -0.508 e. The maximum atomic E-state index is 9.36. The summed E-state index contributed by atoms with van der Waals surface area (Å²) in [7, 11) is 0. The predicted octanol–water partition coefficient (Wildman–Crippen LogP) is 4.04. The van der Waals surface area contributed by atoms with Crippen LogP contribution < -0.4 is 5.32 Å². The number of phenols is 1. The molecule has 1 heterocycles. The Morgan fingerprint density at radius 3 is 2.89 bits per heavy atom. The molecular weight excluding hydrogens is 296 g/mol. The zero-order chi connectivity index (χ0) is 12.5. The number of halogens is 1. The number of benzene rings is 2. The maximum Gasteiger partial charge on any atom is 0.300 e. The summed E-state index contributed by atoms with van der Waals surface area (Å²) in [6.07, 6.45) is 0. The highest BCUT2D eigenvalue weighted by Gasteiger charge is 2.06. The molecular formula is C13H9BrN2O2. The average Bonchev–Trinajstić information content (AvgIpc) is 2.70. The van der Waals surface area contributed by atoms with Crippen molar-refractivity contribution in [1.29, 1.82) is 0 Å². The third-order valence-electron chi connectivity index (χ3n) is 2.45. The Morgan fingerprint density at radius 1 is 1.17 bits per heavy atom. The molecule has 1 aromatic heterocycles. The summed E-state index contributed by atoms with van der Waals surface area (Å²) in [4.78, 5) is 4.25. The molecule has 0 saturated carbocycles. The van der Waals surface area contributed by atoms with Crippen molar-refractivity contribution in [1.82, 2.24) is 4.98 Å². The van der Waals surface area contributed by atoms with Crippen LogP contribution in [0.25, 0.3) is 11.1 Å². The van der Waals surface area contributed by atoms with E-state index in [9.17, 15) is 5.11 Å². The zero-order valence-corrected chi connectivity index (χ0v) is 10.8. The van der Waals surface area contributed by atoms with Crippen LogP contribution in [0.15, 0.2) is 51.4 Å². The topological polar surface area (TPSA) is 58.3 Å². The first-order valence-corrected chi connectivity index (χ1v) is 6.12. The predicted molar refractivity (Wildman–Crippen MR) is 73.1 cm³/mol. The second-order valence-corrected chi connectivity index (χ2v) is 4.72. The fourth-order valence-electron chi connectivity index (χ4n) is 1.66. The van der Waals surface area contributed by atoms with Crippen LogP contribution >= 0.6 is 15.9 Å². The number of nitrogens with zero attached hydrogens (tertiary/aromatic N) is 1. The normalized spacial score (nSPS) is 10.7. The summed E-state index contributed by atoms with van der Waals surface area (Å²) in [5.74, 6) is 0.171. The highest BCUT2D eigenvalue weighted by Crippen LogP contribution is 2.25. The molecule has 0 atom stereocenters. The highest BCUT2D eigenvalue weighted by molar-refractivity contribution is 9.10. The first kappa shape index (κ1) is 11.1. The summed E-state index contributed by atoms with van der Waals surface area (Å²) in [5, 5.41) is 12.4. The Bertz CT molecular complexity index is 709. The standard InChI is InChI=1S/C13H9BrN2O2/c14-8-2-1-3-9(6-8)15-13-16-11-7-10(17)4-5-12(11)18-13/h1-7,17H,(H,15,16). The number of nitrogens with one attached hydrogen (secondary N) is 1. The molecule has 0 aliphatic carbocycles. The number of anilines is 2. The van der Waals surface area contributed by atoms with Gasteiger partial charge in [-0.25, -0.2) is 0 Å². The molecule has 0 spiro atoms. The number of phenolic OH excluding ortho intramolecular Hbond substituents is 1. The van der Waals surface area contributed by atoms with Gasteiger partial charge >= 0.3 is 0 Å². The summed E-state index contributed by atoms with van der Waals surface area (Å²) in [6.45, 7) is 0. The Hall–Kier alpha value is -2.01. The van der Waals surface area contributed by atoms with Crippen LogP contribution in [0.4, 0.5) is 11.7 Å². The van der Waals surface area contributed by atoms with E-state index in [4.69, 9.17) is 4.42 Å². The number of aromatic hydroxyl groups is 1. The Morgan fingerprint density at radius 2 is 2.06 bits per heavy atom. The van der Waals surface area contributed by atoms with E-state index in [1.54, 1.807) is 18.2 Å². The molecule has 4 nitrogen and oxygen atoms in total. The van der Waals surface area contributed by atoms with Crippen molar-refractivity contribution in [3.63, 3.8) is 0 Å². The van der Waals surface area contributed by atoms with Gasteiger partial charge in [0.2, 0.25) is 0 Å². The van der Waals surface area contributed by atoms with Crippen LogP contribution in [0.2, 0.25) is 0 Å². The Kier molecular flexibility index (Phi) is 2.68. The fraction of sp³-hybridized carbons (Fsp3) is 0. The molecule has 0 unspecified atom stereocenters. The average molecular weight is 305 g/mol. The summed E-state index contributed by atoms with van der Waals surface area (Å²) in [5.41, 5.74) is 2.12. The van der Waals surface area contributed by atoms with Gasteiger partial charge in [0.1, 0.15) is 11.3 Å². The largest absolute Gasteiger partial charge is 0.508 e. The lowest BCUT2D eigenvalue weighted by molar-refractivity contribution is 0.476. The van der Waals surface area contributed by atoms with E-state index < -0.39 is 0 Å². The summed E-state index contributed by atoms with van der Waals surface area (Å²) in [6, 6.07) is 12.9. The number of rotatable bonds is 2. The molecule has 0 aliphatic heterocycles. The van der Waals surface area contributed by atoms with Gasteiger partial charge in [-0.3, -0.25) is 0 Å². The minimum absolute atomic E-state index is 0.171. The molecule has 2 N–H and O–H groups in total. The van der Waals surface area contributed by atoms with Gasteiger partial charge in [-0.05, 0) is 30.3 Å². The molecule has 5 heteroatoms. The van der Waals surface area contributed by atoms with Gasteiger partial charge < -0.3 is 14.8 Å². The zero-order valence-electron chi connectivity index (χ0n) is 9.22. The SMILES string of the molecule is Oc1ccc2oc(Nc3cccc(Br)c3)nc2c1. The molecule has 0 fully saturated rings. The molecule has 2 aromatic carbocycles. The van der Waals surface area contributed by atoms with Crippen molar-refractivity contribution in [3.8, 4) is 5.75 Å². The summed E-state index contributed by atoms with van der Waals surface area (Å²) < 4.78 is 6.49. The van der Waals surface area contributed by atoms with E-state index in [1.165, 1.54) is 0 Å². The lowest BCUT2D eigenvalue weighted by Crippen LogP contribution is -1.89. The van der Waals surface area contributed by atoms with Gasteiger partial charge in [0.25, 0.3) is 6.01 Å². The lowest BCUT2D eigenvalue weighted by Gasteiger charge is -2.00. The molecule has 90 valence electrons. The van der Waals surface area contributed by atoms with E-state index in [1.807, 2.05) is 24.3 Å². The van der Waals surface area contributed by atoms with Gasteiger partial charge in [0.15, 0.2) is 5.58 Å². The van der Waals surface area contributed by atoms with Crippen LogP contribution in [0.3, 0.4) is 0 Å². The molecule has 18 heavy (non-hydrogen) atoms. The first-order chi connectivity index (χ1) is 8.70.